The first-order valence-electron chi connectivity index (χ1n) is 5.80. The Hall–Kier alpha value is -1.40. The zero-order valence-corrected chi connectivity index (χ0v) is 13.0. The van der Waals surface area contributed by atoms with Gasteiger partial charge in [-0.3, -0.25) is 0 Å². The van der Waals surface area contributed by atoms with Crippen LogP contribution >= 0.6 is 33.9 Å². The highest BCUT2D eigenvalue weighted by atomic mass is 127. The molecule has 0 fully saturated rings. The van der Waals surface area contributed by atoms with Crippen LogP contribution in [0, 0.1) is 3.57 Å². The molecule has 0 aliphatic heterocycles. The molecule has 94 valence electrons. The van der Waals surface area contributed by atoms with E-state index in [-0.39, 0.29) is 0 Å². The maximum Gasteiger partial charge on any atom is 0.126 e. The second kappa shape index (κ2) is 5.30. The lowest BCUT2D eigenvalue weighted by Crippen LogP contribution is -1.88. The van der Waals surface area contributed by atoms with E-state index in [1.807, 2.05) is 24.3 Å². The fourth-order valence-corrected chi connectivity index (χ4v) is 3.08. The zero-order chi connectivity index (χ0) is 13.2. The lowest BCUT2D eigenvalue weighted by molar-refractivity contribution is 1.40. The van der Waals surface area contributed by atoms with Crippen molar-refractivity contribution in [2.45, 2.75) is 0 Å². The zero-order valence-electron chi connectivity index (χ0n) is 10.0. The Bertz CT molecular complexity index is 704. The molecule has 0 spiro atoms. The normalized spacial score (nSPS) is 10.6. The number of hydrogen-bond acceptors (Lipinski definition) is 3. The van der Waals surface area contributed by atoms with Gasteiger partial charge in [0.25, 0.3) is 0 Å². The fourth-order valence-electron chi connectivity index (χ4n) is 1.84. The molecule has 0 radical (unpaired) electrons. The van der Waals surface area contributed by atoms with E-state index >= 15 is 0 Å². The van der Waals surface area contributed by atoms with Crippen molar-refractivity contribution in [2.24, 2.45) is 0 Å². The lowest BCUT2D eigenvalue weighted by Gasteiger charge is -2.00. The summed E-state index contributed by atoms with van der Waals surface area (Å²) in [6.45, 7) is 0. The fraction of sp³-hybridized carbons (Fsp3) is 0. The number of halogens is 1. The van der Waals surface area contributed by atoms with Gasteiger partial charge in [-0.25, -0.2) is 4.98 Å². The molecule has 3 aromatic rings. The SMILES string of the molecule is Nc1ccccc1-c1nc(-c2ccc(I)cc2)cs1. The van der Waals surface area contributed by atoms with E-state index in [9.17, 15) is 0 Å². The second-order valence-electron chi connectivity index (χ2n) is 4.13. The lowest BCUT2D eigenvalue weighted by atomic mass is 10.1. The van der Waals surface area contributed by atoms with Crippen molar-refractivity contribution in [2.75, 3.05) is 5.73 Å². The minimum Gasteiger partial charge on any atom is -0.398 e. The molecule has 0 saturated heterocycles. The molecular weight excluding hydrogens is 367 g/mol. The summed E-state index contributed by atoms with van der Waals surface area (Å²) in [4.78, 5) is 4.68. The number of anilines is 1. The van der Waals surface area contributed by atoms with E-state index in [1.165, 1.54) is 3.57 Å². The van der Waals surface area contributed by atoms with Crippen LogP contribution < -0.4 is 5.73 Å². The molecule has 0 atom stereocenters. The summed E-state index contributed by atoms with van der Waals surface area (Å²) in [5.74, 6) is 0. The molecule has 0 aliphatic rings. The Morgan fingerprint density at radius 1 is 1.00 bits per heavy atom. The highest BCUT2D eigenvalue weighted by Crippen LogP contribution is 2.32. The van der Waals surface area contributed by atoms with Gasteiger partial charge in [-0.1, -0.05) is 24.3 Å². The molecule has 0 bridgehead atoms. The Labute approximate surface area is 129 Å². The van der Waals surface area contributed by atoms with Gasteiger partial charge >= 0.3 is 0 Å². The maximum absolute atomic E-state index is 5.99. The summed E-state index contributed by atoms with van der Waals surface area (Å²) < 4.78 is 1.23. The van der Waals surface area contributed by atoms with E-state index in [1.54, 1.807) is 11.3 Å². The first-order chi connectivity index (χ1) is 9.24. The van der Waals surface area contributed by atoms with Crippen LogP contribution in [0.1, 0.15) is 0 Å². The molecule has 0 aliphatic carbocycles. The smallest absolute Gasteiger partial charge is 0.126 e. The molecule has 19 heavy (non-hydrogen) atoms. The van der Waals surface area contributed by atoms with Crippen LogP contribution in [0.2, 0.25) is 0 Å². The van der Waals surface area contributed by atoms with E-state index in [2.05, 4.69) is 57.2 Å². The largest absolute Gasteiger partial charge is 0.398 e. The summed E-state index contributed by atoms with van der Waals surface area (Å²) in [6.07, 6.45) is 0. The van der Waals surface area contributed by atoms with Crippen LogP contribution in [0.5, 0.6) is 0 Å². The number of nitrogens with zero attached hydrogens (tertiary/aromatic N) is 1. The van der Waals surface area contributed by atoms with Crippen LogP contribution in [0.3, 0.4) is 0 Å². The van der Waals surface area contributed by atoms with Gasteiger partial charge in [0.15, 0.2) is 0 Å². The number of rotatable bonds is 2. The van der Waals surface area contributed by atoms with Crippen LogP contribution in [0.25, 0.3) is 21.8 Å². The standard InChI is InChI=1S/C15H11IN2S/c16-11-7-5-10(6-8-11)14-9-19-15(18-14)12-3-1-2-4-13(12)17/h1-9H,17H2. The molecule has 2 nitrogen and oxygen atoms in total. The number of aromatic nitrogens is 1. The Balaban J connectivity index is 2.00. The highest BCUT2D eigenvalue weighted by Gasteiger charge is 2.08. The van der Waals surface area contributed by atoms with Crippen molar-refractivity contribution < 1.29 is 0 Å². The molecule has 1 heterocycles. The van der Waals surface area contributed by atoms with Gasteiger partial charge in [0, 0.05) is 25.8 Å². The molecule has 0 saturated carbocycles. The molecule has 0 unspecified atom stereocenters. The van der Waals surface area contributed by atoms with Gasteiger partial charge in [0.05, 0.1) is 5.69 Å². The maximum atomic E-state index is 5.99. The van der Waals surface area contributed by atoms with Crippen LogP contribution in [0.15, 0.2) is 53.9 Å². The van der Waals surface area contributed by atoms with E-state index in [4.69, 9.17) is 5.73 Å². The number of nitrogens with two attached hydrogens (primary N) is 1. The summed E-state index contributed by atoms with van der Waals surface area (Å²) >= 11 is 3.92. The summed E-state index contributed by atoms with van der Waals surface area (Å²) in [7, 11) is 0. The molecule has 2 N–H and O–H groups in total. The molecule has 1 aromatic heterocycles. The van der Waals surface area contributed by atoms with Crippen molar-refractivity contribution >= 4 is 39.6 Å². The third-order valence-corrected chi connectivity index (χ3v) is 4.43. The first kappa shape index (κ1) is 12.6. The van der Waals surface area contributed by atoms with Crippen molar-refractivity contribution in [3.05, 3.63) is 57.5 Å². The summed E-state index contributed by atoms with van der Waals surface area (Å²) in [6, 6.07) is 16.2. The highest BCUT2D eigenvalue weighted by molar-refractivity contribution is 14.1. The molecule has 3 rings (SSSR count). The first-order valence-corrected chi connectivity index (χ1v) is 7.76. The number of thiazole rings is 1. The molecular formula is C15H11IN2S. The predicted molar refractivity (Wildman–Crippen MR) is 90.1 cm³/mol. The van der Waals surface area contributed by atoms with Crippen LogP contribution in [-0.2, 0) is 0 Å². The van der Waals surface area contributed by atoms with Crippen molar-refractivity contribution in [1.29, 1.82) is 0 Å². The summed E-state index contributed by atoms with van der Waals surface area (Å²) in [5.41, 5.74) is 9.90. The van der Waals surface area contributed by atoms with Gasteiger partial charge in [-0.05, 0) is 46.9 Å². The average Bonchev–Trinajstić information content (AvgIpc) is 2.89. The van der Waals surface area contributed by atoms with Crippen LogP contribution in [-0.4, -0.2) is 4.98 Å². The predicted octanol–water partition coefficient (Wildman–Crippen LogP) is 4.66. The Morgan fingerprint density at radius 3 is 2.47 bits per heavy atom. The number of nitrogen functional groups attached to an aromatic ring is 1. The number of hydrogen-bond donors (Lipinski definition) is 1. The Morgan fingerprint density at radius 2 is 1.74 bits per heavy atom. The van der Waals surface area contributed by atoms with Crippen molar-refractivity contribution in [3.8, 4) is 21.8 Å². The van der Waals surface area contributed by atoms with E-state index < -0.39 is 0 Å². The molecule has 4 heteroatoms. The average molecular weight is 378 g/mol. The molecule has 0 amide bonds. The van der Waals surface area contributed by atoms with Gasteiger partial charge in [-0.2, -0.15) is 0 Å². The van der Waals surface area contributed by atoms with E-state index in [0.717, 1.165) is 27.5 Å². The van der Waals surface area contributed by atoms with E-state index in [0.29, 0.717) is 0 Å². The third-order valence-electron chi connectivity index (χ3n) is 2.84. The monoisotopic (exact) mass is 378 g/mol. The number of para-hydroxylation sites is 1. The van der Waals surface area contributed by atoms with Gasteiger partial charge in [0.2, 0.25) is 0 Å². The van der Waals surface area contributed by atoms with Gasteiger partial charge in [-0.15, -0.1) is 11.3 Å². The van der Waals surface area contributed by atoms with Gasteiger partial charge in [0.1, 0.15) is 5.01 Å². The Kier molecular flexibility index (Phi) is 3.52. The third kappa shape index (κ3) is 2.64. The van der Waals surface area contributed by atoms with Crippen molar-refractivity contribution in [1.82, 2.24) is 4.98 Å². The minimum atomic E-state index is 0.769. The minimum absolute atomic E-state index is 0.769. The second-order valence-corrected chi connectivity index (χ2v) is 6.24. The molecule has 2 aromatic carbocycles. The quantitative estimate of drug-likeness (QED) is 0.520. The summed E-state index contributed by atoms with van der Waals surface area (Å²) in [5, 5.41) is 3.04. The van der Waals surface area contributed by atoms with Gasteiger partial charge < -0.3 is 5.73 Å². The topological polar surface area (TPSA) is 38.9 Å². The number of benzene rings is 2. The van der Waals surface area contributed by atoms with Crippen LogP contribution in [0.4, 0.5) is 5.69 Å². The van der Waals surface area contributed by atoms with Crippen molar-refractivity contribution in [3.63, 3.8) is 0 Å².